The first-order chi connectivity index (χ1) is 13.4. The van der Waals surface area contributed by atoms with Gasteiger partial charge in [0.05, 0.1) is 11.3 Å². The van der Waals surface area contributed by atoms with Crippen LogP contribution in [-0.2, 0) is 19.3 Å². The highest BCUT2D eigenvalue weighted by Gasteiger charge is 2.33. The summed E-state index contributed by atoms with van der Waals surface area (Å²) in [6.07, 6.45) is -4.55. The minimum absolute atomic E-state index is 0.258. The zero-order chi connectivity index (χ0) is 20.0. The summed E-state index contributed by atoms with van der Waals surface area (Å²) in [5, 5.41) is 2.42. The second kappa shape index (κ2) is 8.61. The van der Waals surface area contributed by atoms with Crippen LogP contribution >= 0.6 is 0 Å². The highest BCUT2D eigenvalue weighted by molar-refractivity contribution is 5.90. The first-order valence-electron chi connectivity index (χ1n) is 8.73. The molecule has 0 saturated heterocycles. The molecule has 0 bridgehead atoms. The van der Waals surface area contributed by atoms with Crippen LogP contribution in [0.3, 0.4) is 0 Å². The van der Waals surface area contributed by atoms with Crippen LogP contribution < -0.4 is 5.32 Å². The third-order valence-electron chi connectivity index (χ3n) is 4.19. The number of hydrogen-bond acceptors (Lipinski definition) is 1. The minimum atomic E-state index is -4.55. The Bertz CT molecular complexity index is 870. The van der Waals surface area contributed by atoms with E-state index in [1.165, 1.54) is 23.1 Å². The standard InChI is InChI=1S/C22H19F3N2O/c23-22(24,25)19-13-7-8-14-20(19)26-21(28)27(15-17-9-3-1-4-10-17)16-18-11-5-2-6-12-18/h1-14H,15-16H2,(H,26,28). The zero-order valence-electron chi connectivity index (χ0n) is 15.0. The fourth-order valence-electron chi connectivity index (χ4n) is 2.84. The fourth-order valence-corrected chi connectivity index (χ4v) is 2.84. The molecule has 0 fully saturated rings. The molecule has 0 aliphatic carbocycles. The first-order valence-corrected chi connectivity index (χ1v) is 8.73. The number of amides is 2. The van der Waals surface area contributed by atoms with E-state index < -0.39 is 17.8 Å². The van der Waals surface area contributed by atoms with Crippen LogP contribution in [0.1, 0.15) is 16.7 Å². The number of rotatable bonds is 5. The molecule has 0 aliphatic rings. The molecule has 3 rings (SSSR count). The number of alkyl halides is 3. The van der Waals surface area contributed by atoms with E-state index in [2.05, 4.69) is 5.32 Å². The van der Waals surface area contributed by atoms with Gasteiger partial charge in [-0.2, -0.15) is 13.2 Å². The molecule has 144 valence electrons. The summed E-state index contributed by atoms with van der Waals surface area (Å²) in [4.78, 5) is 14.3. The Morgan fingerprint density at radius 3 is 1.71 bits per heavy atom. The molecule has 0 aromatic heterocycles. The van der Waals surface area contributed by atoms with Gasteiger partial charge < -0.3 is 10.2 Å². The van der Waals surface area contributed by atoms with Crippen molar-refractivity contribution in [2.45, 2.75) is 19.3 Å². The SMILES string of the molecule is O=C(Nc1ccccc1C(F)(F)F)N(Cc1ccccc1)Cc1ccccc1. The molecule has 0 atom stereocenters. The van der Waals surface area contributed by atoms with Crippen LogP contribution in [0.2, 0.25) is 0 Å². The van der Waals surface area contributed by atoms with Gasteiger partial charge in [0.2, 0.25) is 0 Å². The van der Waals surface area contributed by atoms with Crippen molar-refractivity contribution in [1.82, 2.24) is 4.90 Å². The summed E-state index contributed by atoms with van der Waals surface area (Å²) in [6, 6.07) is 23.0. The van der Waals surface area contributed by atoms with Crippen molar-refractivity contribution < 1.29 is 18.0 Å². The van der Waals surface area contributed by atoms with E-state index in [1.807, 2.05) is 60.7 Å². The lowest BCUT2D eigenvalue weighted by Gasteiger charge is -2.24. The molecule has 3 nitrogen and oxygen atoms in total. The molecule has 28 heavy (non-hydrogen) atoms. The number of urea groups is 1. The summed E-state index contributed by atoms with van der Waals surface area (Å²) >= 11 is 0. The monoisotopic (exact) mass is 384 g/mol. The highest BCUT2D eigenvalue weighted by atomic mass is 19.4. The Balaban J connectivity index is 1.84. The smallest absolute Gasteiger partial charge is 0.316 e. The number of halogens is 3. The van der Waals surface area contributed by atoms with Crippen LogP contribution in [0.15, 0.2) is 84.9 Å². The minimum Gasteiger partial charge on any atom is -0.316 e. The number of para-hydroxylation sites is 1. The summed E-state index contributed by atoms with van der Waals surface area (Å²) in [6.45, 7) is 0.547. The fraction of sp³-hybridized carbons (Fsp3) is 0.136. The van der Waals surface area contributed by atoms with Gasteiger partial charge in [-0.25, -0.2) is 4.79 Å². The summed E-state index contributed by atoms with van der Waals surface area (Å²) in [5.74, 6) is 0. The van der Waals surface area contributed by atoms with Gasteiger partial charge >= 0.3 is 12.2 Å². The molecule has 0 aliphatic heterocycles. The van der Waals surface area contributed by atoms with Gasteiger partial charge in [-0.1, -0.05) is 72.8 Å². The van der Waals surface area contributed by atoms with Gasteiger partial charge in [-0.15, -0.1) is 0 Å². The number of hydrogen-bond donors (Lipinski definition) is 1. The van der Waals surface area contributed by atoms with Crippen LogP contribution in [0, 0.1) is 0 Å². The van der Waals surface area contributed by atoms with Crippen molar-refractivity contribution >= 4 is 11.7 Å². The zero-order valence-corrected chi connectivity index (χ0v) is 15.0. The second-order valence-corrected chi connectivity index (χ2v) is 6.30. The lowest BCUT2D eigenvalue weighted by molar-refractivity contribution is -0.136. The number of carbonyl (C=O) groups excluding carboxylic acids is 1. The van der Waals surface area contributed by atoms with E-state index >= 15 is 0 Å². The molecular weight excluding hydrogens is 365 g/mol. The third-order valence-corrected chi connectivity index (χ3v) is 4.19. The van der Waals surface area contributed by atoms with Gasteiger partial charge in [-0.3, -0.25) is 0 Å². The van der Waals surface area contributed by atoms with E-state index in [9.17, 15) is 18.0 Å². The maximum Gasteiger partial charge on any atom is 0.418 e. The van der Waals surface area contributed by atoms with Gasteiger partial charge in [0.25, 0.3) is 0 Å². The number of nitrogens with one attached hydrogen (secondary N) is 1. The maximum absolute atomic E-state index is 13.2. The Labute approximate surface area is 161 Å². The molecule has 2 amide bonds. The van der Waals surface area contributed by atoms with E-state index in [0.29, 0.717) is 0 Å². The lowest BCUT2D eigenvalue weighted by Crippen LogP contribution is -2.34. The van der Waals surface area contributed by atoms with Crippen LogP contribution in [0.4, 0.5) is 23.7 Å². The van der Waals surface area contributed by atoms with Crippen molar-refractivity contribution in [3.8, 4) is 0 Å². The van der Waals surface area contributed by atoms with E-state index in [-0.39, 0.29) is 18.8 Å². The van der Waals surface area contributed by atoms with Crippen molar-refractivity contribution in [1.29, 1.82) is 0 Å². The number of nitrogens with zero attached hydrogens (tertiary/aromatic N) is 1. The van der Waals surface area contributed by atoms with Crippen LogP contribution in [0.25, 0.3) is 0 Å². The third kappa shape index (κ3) is 5.13. The van der Waals surface area contributed by atoms with E-state index in [1.54, 1.807) is 0 Å². The summed E-state index contributed by atoms with van der Waals surface area (Å²) in [5.41, 5.74) is 0.643. The van der Waals surface area contributed by atoms with Gasteiger partial charge in [0.15, 0.2) is 0 Å². The molecule has 3 aromatic rings. The normalized spacial score (nSPS) is 11.1. The molecule has 1 N–H and O–H groups in total. The number of benzene rings is 3. The van der Waals surface area contributed by atoms with E-state index in [0.717, 1.165) is 17.2 Å². The summed E-state index contributed by atoms with van der Waals surface area (Å²) in [7, 11) is 0. The second-order valence-electron chi connectivity index (χ2n) is 6.30. The quantitative estimate of drug-likeness (QED) is 0.580. The molecule has 6 heteroatoms. The van der Waals surface area contributed by atoms with Gasteiger partial charge in [0, 0.05) is 13.1 Å². The van der Waals surface area contributed by atoms with Crippen LogP contribution in [0.5, 0.6) is 0 Å². The van der Waals surface area contributed by atoms with Crippen molar-refractivity contribution in [2.75, 3.05) is 5.32 Å². The average molecular weight is 384 g/mol. The van der Waals surface area contributed by atoms with E-state index in [4.69, 9.17) is 0 Å². The Morgan fingerprint density at radius 1 is 0.750 bits per heavy atom. The first kappa shape index (κ1) is 19.5. The maximum atomic E-state index is 13.2. The molecule has 0 spiro atoms. The van der Waals surface area contributed by atoms with Crippen molar-refractivity contribution in [3.63, 3.8) is 0 Å². The van der Waals surface area contributed by atoms with Gasteiger partial charge in [-0.05, 0) is 23.3 Å². The van der Waals surface area contributed by atoms with Crippen molar-refractivity contribution in [2.24, 2.45) is 0 Å². The molecule has 3 aromatic carbocycles. The summed E-state index contributed by atoms with van der Waals surface area (Å²) < 4.78 is 39.7. The highest BCUT2D eigenvalue weighted by Crippen LogP contribution is 2.34. The molecule has 0 saturated carbocycles. The molecule has 0 unspecified atom stereocenters. The number of carbonyl (C=O) groups is 1. The Morgan fingerprint density at radius 2 is 1.21 bits per heavy atom. The molecule has 0 radical (unpaired) electrons. The van der Waals surface area contributed by atoms with Crippen molar-refractivity contribution in [3.05, 3.63) is 102 Å². The number of anilines is 1. The van der Waals surface area contributed by atoms with Gasteiger partial charge in [0.1, 0.15) is 0 Å². The lowest BCUT2D eigenvalue weighted by atomic mass is 10.1. The van der Waals surface area contributed by atoms with Crippen LogP contribution in [-0.4, -0.2) is 10.9 Å². The predicted octanol–water partition coefficient (Wildman–Crippen LogP) is 5.94. The molecular formula is C22H19F3N2O. The average Bonchev–Trinajstić information content (AvgIpc) is 2.69. The largest absolute Gasteiger partial charge is 0.418 e. The topological polar surface area (TPSA) is 32.3 Å². The Hall–Kier alpha value is -3.28. The molecule has 0 heterocycles. The predicted molar refractivity (Wildman–Crippen MR) is 103 cm³/mol. The Kier molecular flexibility index (Phi) is 5.99.